The monoisotopic (exact) mass is 372 g/mol. The summed E-state index contributed by atoms with van der Waals surface area (Å²) >= 11 is 0. The number of fused-ring (bicyclic) bond motifs is 2. The summed E-state index contributed by atoms with van der Waals surface area (Å²) in [5, 5.41) is 9.53. The standard InChI is InChI=1S/C19H22N3OS2/c23-12-13-24-25-17-10-4-1-6-14-7-5-11-22(18(14)17)19-20-15-8-2-3-9-16(15)21-19/h2-3,5,7-9,11,17,23H,1,4,6,10,12-13H2,(H,20,21)/q+1. The van der Waals surface area contributed by atoms with Gasteiger partial charge in [-0.2, -0.15) is 0 Å². The van der Waals surface area contributed by atoms with Crippen LogP contribution in [0.1, 0.15) is 35.8 Å². The van der Waals surface area contributed by atoms with E-state index in [-0.39, 0.29) is 6.61 Å². The second-order valence-electron chi connectivity index (χ2n) is 6.24. The minimum atomic E-state index is 0.232. The fraction of sp³-hybridized carbons (Fsp3) is 0.368. The lowest BCUT2D eigenvalue weighted by molar-refractivity contribution is -0.612. The summed E-state index contributed by atoms with van der Waals surface area (Å²) in [7, 11) is 3.65. The minimum Gasteiger partial charge on any atom is -0.395 e. The molecule has 0 saturated heterocycles. The van der Waals surface area contributed by atoms with Gasteiger partial charge in [0.25, 0.3) is 0 Å². The van der Waals surface area contributed by atoms with E-state index in [2.05, 4.69) is 33.9 Å². The third kappa shape index (κ3) is 3.57. The van der Waals surface area contributed by atoms with Gasteiger partial charge in [-0.1, -0.05) is 51.2 Å². The molecule has 1 aliphatic rings. The molecule has 1 atom stereocenters. The molecule has 2 heterocycles. The number of aromatic nitrogens is 3. The van der Waals surface area contributed by atoms with Crippen molar-refractivity contribution in [2.45, 2.75) is 30.9 Å². The van der Waals surface area contributed by atoms with Gasteiger partial charge in [0.1, 0.15) is 11.2 Å². The topological polar surface area (TPSA) is 52.8 Å². The maximum Gasteiger partial charge on any atom is 0.402 e. The Morgan fingerprint density at radius 2 is 2.12 bits per heavy atom. The molecule has 0 saturated carbocycles. The molecule has 3 aromatic rings. The van der Waals surface area contributed by atoms with Crippen LogP contribution in [0.4, 0.5) is 0 Å². The first-order valence-electron chi connectivity index (χ1n) is 8.74. The number of rotatable bonds is 5. The molecule has 2 aromatic heterocycles. The zero-order chi connectivity index (χ0) is 17.1. The molecular weight excluding hydrogens is 350 g/mol. The van der Waals surface area contributed by atoms with Crippen LogP contribution in [-0.4, -0.2) is 27.4 Å². The highest BCUT2D eigenvalue weighted by molar-refractivity contribution is 8.76. The Balaban J connectivity index is 1.77. The van der Waals surface area contributed by atoms with Gasteiger partial charge in [-0.3, -0.25) is 0 Å². The quantitative estimate of drug-likeness (QED) is 0.308. The number of benzene rings is 1. The van der Waals surface area contributed by atoms with E-state index in [4.69, 9.17) is 10.1 Å². The second kappa shape index (κ2) is 7.81. The summed E-state index contributed by atoms with van der Waals surface area (Å²) in [4.78, 5) is 8.27. The lowest BCUT2D eigenvalue weighted by Gasteiger charge is -2.17. The Morgan fingerprint density at radius 3 is 3.00 bits per heavy atom. The Labute approximate surface area is 155 Å². The first-order valence-corrected chi connectivity index (χ1v) is 11.1. The van der Waals surface area contributed by atoms with Crippen LogP contribution in [0.3, 0.4) is 0 Å². The first kappa shape index (κ1) is 16.9. The number of aliphatic hydroxyl groups is 1. The Morgan fingerprint density at radius 1 is 1.20 bits per heavy atom. The smallest absolute Gasteiger partial charge is 0.395 e. The number of aromatic amines is 1. The molecule has 130 valence electrons. The highest BCUT2D eigenvalue weighted by Gasteiger charge is 2.27. The number of nitrogens with one attached hydrogen (secondary N) is 1. The van der Waals surface area contributed by atoms with Gasteiger partial charge in [0, 0.05) is 5.75 Å². The molecule has 0 radical (unpaired) electrons. The van der Waals surface area contributed by atoms with Gasteiger partial charge in [-0.15, -0.1) is 0 Å². The van der Waals surface area contributed by atoms with Crippen LogP contribution in [-0.2, 0) is 6.42 Å². The Bertz CT molecular complexity index is 832. The molecule has 1 aromatic carbocycles. The maximum absolute atomic E-state index is 9.11. The van der Waals surface area contributed by atoms with E-state index in [1.54, 1.807) is 10.8 Å². The van der Waals surface area contributed by atoms with Crippen molar-refractivity contribution in [1.82, 2.24) is 9.97 Å². The molecule has 2 N–H and O–H groups in total. The van der Waals surface area contributed by atoms with E-state index < -0.39 is 0 Å². The molecule has 0 amide bonds. The van der Waals surface area contributed by atoms with Crippen molar-refractivity contribution in [1.29, 1.82) is 0 Å². The number of hydrogen-bond donors (Lipinski definition) is 2. The lowest BCUT2D eigenvalue weighted by Crippen LogP contribution is -2.38. The average molecular weight is 373 g/mol. The van der Waals surface area contributed by atoms with Crippen molar-refractivity contribution in [3.63, 3.8) is 0 Å². The van der Waals surface area contributed by atoms with E-state index in [0.29, 0.717) is 5.25 Å². The second-order valence-corrected chi connectivity index (χ2v) is 8.93. The third-order valence-electron chi connectivity index (χ3n) is 4.55. The number of aryl methyl sites for hydroxylation is 1. The predicted octanol–water partition coefficient (Wildman–Crippen LogP) is 3.98. The summed E-state index contributed by atoms with van der Waals surface area (Å²) in [5.74, 6) is 1.66. The Kier molecular flexibility index (Phi) is 5.29. The normalized spacial score (nSPS) is 17.4. The number of H-pyrrole nitrogens is 1. The van der Waals surface area contributed by atoms with Crippen molar-refractivity contribution in [2.75, 3.05) is 12.4 Å². The van der Waals surface area contributed by atoms with Gasteiger partial charge >= 0.3 is 5.95 Å². The molecule has 1 unspecified atom stereocenters. The van der Waals surface area contributed by atoms with Crippen LogP contribution in [0, 0.1) is 0 Å². The van der Waals surface area contributed by atoms with Crippen molar-refractivity contribution in [2.24, 2.45) is 0 Å². The largest absolute Gasteiger partial charge is 0.402 e. The number of hydrogen-bond acceptors (Lipinski definition) is 4. The fourth-order valence-corrected chi connectivity index (χ4v) is 5.94. The fourth-order valence-electron chi connectivity index (χ4n) is 3.42. The zero-order valence-electron chi connectivity index (χ0n) is 14.0. The molecule has 6 heteroatoms. The van der Waals surface area contributed by atoms with Crippen LogP contribution >= 0.6 is 21.6 Å². The number of imidazole rings is 1. The molecule has 0 spiro atoms. The number of para-hydroxylation sites is 2. The predicted molar refractivity (Wildman–Crippen MR) is 105 cm³/mol. The van der Waals surface area contributed by atoms with Crippen molar-refractivity contribution >= 4 is 32.6 Å². The first-order chi connectivity index (χ1) is 12.4. The van der Waals surface area contributed by atoms with Crippen LogP contribution in [0.5, 0.6) is 0 Å². The van der Waals surface area contributed by atoms with Gasteiger partial charge < -0.3 is 5.11 Å². The van der Waals surface area contributed by atoms with Crippen molar-refractivity contribution < 1.29 is 9.67 Å². The summed E-state index contributed by atoms with van der Waals surface area (Å²) in [6.07, 6.45) is 6.88. The van der Waals surface area contributed by atoms with Crippen LogP contribution in [0.15, 0.2) is 42.6 Å². The molecular formula is C19H22N3OS2+. The molecule has 25 heavy (non-hydrogen) atoms. The number of pyridine rings is 1. The minimum absolute atomic E-state index is 0.232. The third-order valence-corrected chi connectivity index (χ3v) is 7.33. The maximum atomic E-state index is 9.11. The van der Waals surface area contributed by atoms with Gasteiger partial charge in [-0.25, -0.2) is 9.55 Å². The summed E-state index contributed by atoms with van der Waals surface area (Å²) in [6, 6.07) is 12.5. The highest BCUT2D eigenvalue weighted by atomic mass is 33.1. The van der Waals surface area contributed by atoms with Gasteiger partial charge in [-0.05, 0) is 43.0 Å². The van der Waals surface area contributed by atoms with Crippen LogP contribution in [0.2, 0.25) is 0 Å². The molecule has 1 aliphatic carbocycles. The number of nitrogens with zero attached hydrogens (tertiary/aromatic N) is 2. The highest BCUT2D eigenvalue weighted by Crippen LogP contribution is 2.43. The summed E-state index contributed by atoms with van der Waals surface area (Å²) in [6.45, 7) is 0.232. The van der Waals surface area contributed by atoms with Gasteiger partial charge in [0.2, 0.25) is 0 Å². The van der Waals surface area contributed by atoms with E-state index in [1.165, 1.54) is 30.5 Å². The zero-order valence-corrected chi connectivity index (χ0v) is 15.7. The van der Waals surface area contributed by atoms with E-state index in [1.807, 2.05) is 29.0 Å². The molecule has 0 aliphatic heterocycles. The summed E-state index contributed by atoms with van der Waals surface area (Å²) < 4.78 is 2.23. The number of aliphatic hydroxyl groups excluding tert-OH is 1. The molecule has 0 bridgehead atoms. The van der Waals surface area contributed by atoms with E-state index in [0.717, 1.165) is 29.2 Å². The van der Waals surface area contributed by atoms with Crippen molar-refractivity contribution in [3.05, 3.63) is 53.9 Å². The van der Waals surface area contributed by atoms with Crippen molar-refractivity contribution in [3.8, 4) is 5.95 Å². The molecule has 4 nitrogen and oxygen atoms in total. The van der Waals surface area contributed by atoms with Gasteiger partial charge in [0.15, 0.2) is 5.52 Å². The van der Waals surface area contributed by atoms with Crippen LogP contribution < -0.4 is 4.57 Å². The SMILES string of the molecule is OCCSSC1CCCCc2ccc[n+](-c3nc4ccccc4[nH]3)c21. The molecule has 0 fully saturated rings. The average Bonchev–Trinajstić information content (AvgIpc) is 2.97. The van der Waals surface area contributed by atoms with E-state index >= 15 is 0 Å². The van der Waals surface area contributed by atoms with Gasteiger partial charge in [0.05, 0.1) is 18.1 Å². The summed E-state index contributed by atoms with van der Waals surface area (Å²) in [5.41, 5.74) is 4.84. The van der Waals surface area contributed by atoms with Crippen LogP contribution in [0.25, 0.3) is 17.0 Å². The van der Waals surface area contributed by atoms with E-state index in [9.17, 15) is 0 Å². The Hall–Kier alpha value is -1.50. The molecule has 4 rings (SSSR count). The lowest BCUT2D eigenvalue weighted by atomic mass is 10.1.